The van der Waals surface area contributed by atoms with E-state index in [1.807, 2.05) is 18.2 Å². The van der Waals surface area contributed by atoms with Crippen LogP contribution in [0.15, 0.2) is 36.4 Å². The van der Waals surface area contributed by atoms with Crippen LogP contribution in [-0.2, 0) is 6.54 Å². The first-order valence-electron chi connectivity index (χ1n) is 7.14. The van der Waals surface area contributed by atoms with Crippen molar-refractivity contribution in [2.45, 2.75) is 33.4 Å². The summed E-state index contributed by atoms with van der Waals surface area (Å²) in [7, 11) is 1.63. The van der Waals surface area contributed by atoms with Crippen LogP contribution in [0.2, 0.25) is 5.02 Å². The number of ether oxygens (including phenoxy) is 1. The highest BCUT2D eigenvalue weighted by atomic mass is 35.5. The largest absolute Gasteiger partial charge is 0.495 e. The van der Waals surface area contributed by atoms with Crippen molar-refractivity contribution in [2.24, 2.45) is 0 Å². The third-order valence-electron chi connectivity index (χ3n) is 3.73. The van der Waals surface area contributed by atoms with E-state index in [1.54, 1.807) is 7.11 Å². The fraction of sp³-hybridized carbons (Fsp3) is 0.333. The lowest BCUT2D eigenvalue weighted by atomic mass is 10.00. The van der Waals surface area contributed by atoms with Crippen molar-refractivity contribution < 1.29 is 4.74 Å². The highest BCUT2D eigenvalue weighted by Crippen LogP contribution is 2.25. The van der Waals surface area contributed by atoms with Gasteiger partial charge in [0.2, 0.25) is 0 Å². The molecule has 0 amide bonds. The molecule has 2 aromatic rings. The fourth-order valence-electron chi connectivity index (χ4n) is 2.43. The Morgan fingerprint density at radius 2 is 1.90 bits per heavy atom. The minimum absolute atomic E-state index is 0.297. The maximum atomic E-state index is 6.16. The van der Waals surface area contributed by atoms with E-state index in [0.717, 1.165) is 12.1 Å². The Morgan fingerprint density at radius 1 is 1.14 bits per heavy atom. The second-order valence-electron chi connectivity index (χ2n) is 5.43. The minimum atomic E-state index is 0.297. The minimum Gasteiger partial charge on any atom is -0.495 e. The Bertz CT molecular complexity index is 625. The predicted molar refractivity (Wildman–Crippen MR) is 89.2 cm³/mol. The number of hydrogen-bond donors (Lipinski definition) is 1. The van der Waals surface area contributed by atoms with Gasteiger partial charge in [0, 0.05) is 12.6 Å². The molecule has 112 valence electrons. The maximum Gasteiger partial charge on any atom is 0.137 e. The van der Waals surface area contributed by atoms with Crippen LogP contribution in [0.25, 0.3) is 0 Å². The molecule has 1 unspecified atom stereocenters. The summed E-state index contributed by atoms with van der Waals surface area (Å²) in [6, 6.07) is 12.7. The zero-order valence-corrected chi connectivity index (χ0v) is 13.8. The van der Waals surface area contributed by atoms with Crippen molar-refractivity contribution in [2.75, 3.05) is 7.11 Å². The first kappa shape index (κ1) is 15.9. The van der Waals surface area contributed by atoms with E-state index < -0.39 is 0 Å². The van der Waals surface area contributed by atoms with E-state index in [9.17, 15) is 0 Å². The van der Waals surface area contributed by atoms with Crippen LogP contribution in [0, 0.1) is 13.8 Å². The predicted octanol–water partition coefficient (Wildman–Crippen LogP) is 4.82. The quantitative estimate of drug-likeness (QED) is 0.855. The van der Waals surface area contributed by atoms with E-state index in [4.69, 9.17) is 16.3 Å². The molecule has 0 aromatic heterocycles. The van der Waals surface area contributed by atoms with Gasteiger partial charge in [-0.25, -0.2) is 0 Å². The van der Waals surface area contributed by atoms with Crippen molar-refractivity contribution in [3.8, 4) is 5.75 Å². The highest BCUT2D eigenvalue weighted by molar-refractivity contribution is 6.32. The standard InChI is InChI=1S/C18H22ClNO/c1-12-5-6-13(2)16(9-12)14(3)20-11-15-7-8-18(21-4)17(19)10-15/h5-10,14,20H,11H2,1-4H3. The molecule has 0 saturated carbocycles. The number of nitrogens with one attached hydrogen (secondary N) is 1. The van der Waals surface area contributed by atoms with Crippen LogP contribution in [0.3, 0.4) is 0 Å². The molecule has 0 saturated heterocycles. The number of rotatable bonds is 5. The molecular weight excluding hydrogens is 282 g/mol. The van der Waals surface area contributed by atoms with Crippen molar-refractivity contribution in [1.29, 1.82) is 0 Å². The summed E-state index contributed by atoms with van der Waals surface area (Å²) in [5.41, 5.74) is 5.10. The van der Waals surface area contributed by atoms with Crippen LogP contribution >= 0.6 is 11.6 Å². The number of methoxy groups -OCH3 is 1. The van der Waals surface area contributed by atoms with Gasteiger partial charge in [-0.15, -0.1) is 0 Å². The Balaban J connectivity index is 2.05. The van der Waals surface area contributed by atoms with Gasteiger partial charge in [0.25, 0.3) is 0 Å². The molecule has 0 bridgehead atoms. The van der Waals surface area contributed by atoms with E-state index in [-0.39, 0.29) is 0 Å². The summed E-state index contributed by atoms with van der Waals surface area (Å²) in [6.07, 6.45) is 0. The van der Waals surface area contributed by atoms with E-state index in [1.165, 1.54) is 16.7 Å². The van der Waals surface area contributed by atoms with E-state index in [2.05, 4.69) is 44.3 Å². The van der Waals surface area contributed by atoms with Gasteiger partial charge in [0.15, 0.2) is 0 Å². The molecule has 0 fully saturated rings. The van der Waals surface area contributed by atoms with Crippen molar-refractivity contribution >= 4 is 11.6 Å². The molecule has 0 aliphatic carbocycles. The molecule has 3 heteroatoms. The molecule has 2 nitrogen and oxygen atoms in total. The molecule has 21 heavy (non-hydrogen) atoms. The third-order valence-corrected chi connectivity index (χ3v) is 4.03. The number of aryl methyl sites for hydroxylation is 2. The van der Waals surface area contributed by atoms with Gasteiger partial charge in [0.05, 0.1) is 12.1 Å². The van der Waals surface area contributed by atoms with Gasteiger partial charge < -0.3 is 10.1 Å². The molecule has 0 aliphatic rings. The normalized spacial score (nSPS) is 12.2. The SMILES string of the molecule is COc1ccc(CNC(C)c2cc(C)ccc2C)cc1Cl. The van der Waals surface area contributed by atoms with Gasteiger partial charge >= 0.3 is 0 Å². The summed E-state index contributed by atoms with van der Waals surface area (Å²) in [6.45, 7) is 7.24. The molecule has 2 aromatic carbocycles. The maximum absolute atomic E-state index is 6.16. The Labute approximate surface area is 132 Å². The molecule has 0 spiro atoms. The number of halogens is 1. The molecule has 1 N–H and O–H groups in total. The average molecular weight is 304 g/mol. The molecular formula is C18H22ClNO. The van der Waals surface area contributed by atoms with Crippen molar-refractivity contribution in [3.63, 3.8) is 0 Å². The summed E-state index contributed by atoms with van der Waals surface area (Å²) < 4.78 is 5.17. The van der Waals surface area contributed by atoms with Crippen LogP contribution in [0.5, 0.6) is 5.75 Å². The summed E-state index contributed by atoms with van der Waals surface area (Å²) in [5, 5.41) is 4.20. The lowest BCUT2D eigenvalue weighted by Gasteiger charge is -2.17. The lowest BCUT2D eigenvalue weighted by molar-refractivity contribution is 0.414. The average Bonchev–Trinajstić information content (AvgIpc) is 2.47. The van der Waals surface area contributed by atoms with E-state index >= 15 is 0 Å². The van der Waals surface area contributed by atoms with Gasteiger partial charge in [-0.2, -0.15) is 0 Å². The fourth-order valence-corrected chi connectivity index (χ4v) is 2.71. The molecule has 2 rings (SSSR count). The van der Waals surface area contributed by atoms with E-state index in [0.29, 0.717) is 16.8 Å². The third kappa shape index (κ3) is 3.99. The first-order chi connectivity index (χ1) is 10.0. The van der Waals surface area contributed by atoms with Crippen molar-refractivity contribution in [3.05, 3.63) is 63.7 Å². The van der Waals surface area contributed by atoms with Gasteiger partial charge in [-0.3, -0.25) is 0 Å². The zero-order chi connectivity index (χ0) is 15.4. The monoisotopic (exact) mass is 303 g/mol. The Morgan fingerprint density at radius 3 is 2.57 bits per heavy atom. The van der Waals surface area contributed by atoms with Gasteiger partial charge in [0.1, 0.15) is 5.75 Å². The van der Waals surface area contributed by atoms with Crippen LogP contribution in [0.4, 0.5) is 0 Å². The molecule has 0 heterocycles. The Hall–Kier alpha value is -1.51. The lowest BCUT2D eigenvalue weighted by Crippen LogP contribution is -2.19. The molecule has 1 atom stereocenters. The number of benzene rings is 2. The summed E-state index contributed by atoms with van der Waals surface area (Å²) in [5.74, 6) is 0.711. The summed E-state index contributed by atoms with van der Waals surface area (Å²) in [4.78, 5) is 0. The van der Waals surface area contributed by atoms with Crippen molar-refractivity contribution in [1.82, 2.24) is 5.32 Å². The summed E-state index contributed by atoms with van der Waals surface area (Å²) >= 11 is 6.16. The van der Waals surface area contributed by atoms with Crippen LogP contribution in [0.1, 0.15) is 35.2 Å². The Kier molecular flexibility index (Phi) is 5.27. The molecule has 0 radical (unpaired) electrons. The number of hydrogen-bond acceptors (Lipinski definition) is 2. The molecule has 0 aliphatic heterocycles. The van der Waals surface area contributed by atoms with Crippen LogP contribution < -0.4 is 10.1 Å². The zero-order valence-electron chi connectivity index (χ0n) is 13.0. The topological polar surface area (TPSA) is 21.3 Å². The van der Waals surface area contributed by atoms with Gasteiger partial charge in [-0.1, -0.05) is 41.4 Å². The second kappa shape index (κ2) is 6.97. The smallest absolute Gasteiger partial charge is 0.137 e. The highest BCUT2D eigenvalue weighted by Gasteiger charge is 2.09. The first-order valence-corrected chi connectivity index (χ1v) is 7.52. The van der Waals surface area contributed by atoms with Crippen LogP contribution in [-0.4, -0.2) is 7.11 Å². The van der Waals surface area contributed by atoms with Gasteiger partial charge in [-0.05, 0) is 49.6 Å². The second-order valence-corrected chi connectivity index (χ2v) is 5.84.